The minimum absolute atomic E-state index is 0.332. The summed E-state index contributed by atoms with van der Waals surface area (Å²) in [6, 6.07) is 9.07. The molecular formula is C15H13F2NO2S2. The maximum absolute atomic E-state index is 13.7. The molecule has 0 saturated heterocycles. The summed E-state index contributed by atoms with van der Waals surface area (Å²) in [5.74, 6) is -1.37. The molecule has 0 aliphatic heterocycles. The summed E-state index contributed by atoms with van der Waals surface area (Å²) in [6.45, 7) is 3.60. The molecule has 116 valence electrons. The molecule has 0 heterocycles. The van der Waals surface area contributed by atoms with Crippen molar-refractivity contribution in [1.29, 1.82) is 0 Å². The molecule has 0 amide bonds. The first-order valence-corrected chi connectivity index (χ1v) is 8.71. The van der Waals surface area contributed by atoms with Crippen molar-refractivity contribution < 1.29 is 17.2 Å². The van der Waals surface area contributed by atoms with E-state index in [1.807, 2.05) is 0 Å². The summed E-state index contributed by atoms with van der Waals surface area (Å²) < 4.78 is 53.4. The number of hydrogen-bond donors (Lipinski definition) is 1. The molecule has 3 nitrogen and oxygen atoms in total. The summed E-state index contributed by atoms with van der Waals surface area (Å²) in [5, 5.41) is 0. The number of sulfonamides is 1. The van der Waals surface area contributed by atoms with E-state index in [0.29, 0.717) is 22.4 Å². The molecule has 2 rings (SSSR count). The number of rotatable bonds is 6. The molecule has 0 atom stereocenters. The highest BCUT2D eigenvalue weighted by atomic mass is 32.2. The largest absolute Gasteiger partial charge is 0.278 e. The van der Waals surface area contributed by atoms with Gasteiger partial charge in [0.25, 0.3) is 10.0 Å². The van der Waals surface area contributed by atoms with Crippen LogP contribution in [-0.4, -0.2) is 14.2 Å². The highest BCUT2D eigenvalue weighted by Crippen LogP contribution is 2.29. The Morgan fingerprint density at radius 2 is 1.91 bits per heavy atom. The van der Waals surface area contributed by atoms with E-state index in [4.69, 9.17) is 0 Å². The molecule has 7 heteroatoms. The van der Waals surface area contributed by atoms with E-state index in [2.05, 4.69) is 11.3 Å². The first-order chi connectivity index (χ1) is 10.4. The smallest absolute Gasteiger partial charge is 0.264 e. The molecule has 0 radical (unpaired) electrons. The lowest BCUT2D eigenvalue weighted by atomic mass is 10.3. The van der Waals surface area contributed by atoms with Gasteiger partial charge >= 0.3 is 0 Å². The van der Waals surface area contributed by atoms with Gasteiger partial charge in [-0.05, 0) is 24.3 Å². The normalized spacial score (nSPS) is 11.2. The Morgan fingerprint density at radius 3 is 2.59 bits per heavy atom. The first kappa shape index (κ1) is 16.5. The van der Waals surface area contributed by atoms with E-state index >= 15 is 0 Å². The molecule has 0 fully saturated rings. The number of para-hydroxylation sites is 1. The van der Waals surface area contributed by atoms with Gasteiger partial charge in [-0.15, -0.1) is 18.3 Å². The molecule has 2 aromatic carbocycles. The van der Waals surface area contributed by atoms with Crippen LogP contribution in [0.5, 0.6) is 0 Å². The average molecular weight is 341 g/mol. The van der Waals surface area contributed by atoms with Crippen molar-refractivity contribution in [2.75, 3.05) is 10.5 Å². The van der Waals surface area contributed by atoms with Crippen molar-refractivity contribution in [2.45, 2.75) is 9.79 Å². The minimum Gasteiger partial charge on any atom is -0.278 e. The lowest BCUT2D eigenvalue weighted by molar-refractivity contribution is 0.551. The number of anilines is 1. The Bertz CT molecular complexity index is 792. The quantitative estimate of drug-likeness (QED) is 0.637. The molecule has 1 N–H and O–H groups in total. The number of hydrogen-bond acceptors (Lipinski definition) is 3. The van der Waals surface area contributed by atoms with Crippen LogP contribution in [-0.2, 0) is 10.0 Å². The summed E-state index contributed by atoms with van der Waals surface area (Å²) in [4.78, 5) is 0.0888. The number of nitrogens with one attached hydrogen (secondary N) is 1. The van der Waals surface area contributed by atoms with Gasteiger partial charge in [0.15, 0.2) is 0 Å². The lowest BCUT2D eigenvalue weighted by Crippen LogP contribution is -2.15. The van der Waals surface area contributed by atoms with Crippen LogP contribution in [0.2, 0.25) is 0 Å². The fraction of sp³-hybridized carbons (Fsp3) is 0.0667. The fourth-order valence-electron chi connectivity index (χ4n) is 1.72. The molecule has 0 aliphatic carbocycles. The van der Waals surface area contributed by atoms with Crippen molar-refractivity contribution in [3.63, 3.8) is 0 Å². The molecule has 0 spiro atoms. The van der Waals surface area contributed by atoms with E-state index in [0.717, 1.165) is 12.1 Å². The standard InChI is InChI=1S/C15H13F2NO2S2/c1-2-9-21-14-6-4-3-5-13(14)18-22(19,20)15-8-7-11(16)10-12(15)17/h2-8,10,18H,1,9H2. The van der Waals surface area contributed by atoms with Crippen molar-refractivity contribution in [1.82, 2.24) is 0 Å². The van der Waals surface area contributed by atoms with Gasteiger partial charge in [-0.25, -0.2) is 17.2 Å². The third kappa shape index (κ3) is 3.86. The topological polar surface area (TPSA) is 46.2 Å². The Kier molecular flexibility index (Phi) is 5.20. The van der Waals surface area contributed by atoms with Crippen LogP contribution in [0.4, 0.5) is 14.5 Å². The van der Waals surface area contributed by atoms with Crippen LogP contribution < -0.4 is 4.72 Å². The van der Waals surface area contributed by atoms with Gasteiger partial charge in [0, 0.05) is 16.7 Å². The summed E-state index contributed by atoms with van der Waals surface area (Å²) >= 11 is 1.39. The second-order valence-corrected chi connectivity index (χ2v) is 6.99. The second-order valence-electron chi connectivity index (χ2n) is 4.28. The summed E-state index contributed by atoms with van der Waals surface area (Å²) in [5.41, 5.74) is 0.332. The van der Waals surface area contributed by atoms with Gasteiger partial charge < -0.3 is 0 Å². The zero-order chi connectivity index (χ0) is 16.2. The highest BCUT2D eigenvalue weighted by Gasteiger charge is 2.20. The predicted molar refractivity (Wildman–Crippen MR) is 84.5 cm³/mol. The maximum atomic E-state index is 13.7. The lowest BCUT2D eigenvalue weighted by Gasteiger charge is -2.12. The molecule has 0 bridgehead atoms. The van der Waals surface area contributed by atoms with Gasteiger partial charge in [-0.2, -0.15) is 0 Å². The van der Waals surface area contributed by atoms with Crippen molar-refractivity contribution >= 4 is 27.5 Å². The molecule has 0 saturated carbocycles. The van der Waals surface area contributed by atoms with E-state index in [-0.39, 0.29) is 0 Å². The Morgan fingerprint density at radius 1 is 1.18 bits per heavy atom. The minimum atomic E-state index is -4.14. The Hall–Kier alpha value is -1.86. The summed E-state index contributed by atoms with van der Waals surface area (Å²) in [6.07, 6.45) is 1.69. The van der Waals surface area contributed by atoms with Crippen molar-refractivity contribution in [2.24, 2.45) is 0 Å². The van der Waals surface area contributed by atoms with E-state index in [9.17, 15) is 17.2 Å². The van der Waals surface area contributed by atoms with Crippen LogP contribution in [0, 0.1) is 11.6 Å². The van der Waals surface area contributed by atoms with Crippen LogP contribution in [0.3, 0.4) is 0 Å². The molecule has 22 heavy (non-hydrogen) atoms. The van der Waals surface area contributed by atoms with Gasteiger partial charge in [0.1, 0.15) is 16.5 Å². The van der Waals surface area contributed by atoms with E-state index in [1.54, 1.807) is 30.3 Å². The SMILES string of the molecule is C=CCSc1ccccc1NS(=O)(=O)c1ccc(F)cc1F. The molecule has 0 aromatic heterocycles. The van der Waals surface area contributed by atoms with Gasteiger partial charge in [-0.3, -0.25) is 4.72 Å². The van der Waals surface area contributed by atoms with Crippen LogP contribution in [0.15, 0.2) is 64.9 Å². The van der Waals surface area contributed by atoms with Crippen LogP contribution >= 0.6 is 11.8 Å². The molecule has 0 aliphatic rings. The second kappa shape index (κ2) is 6.93. The molecular weight excluding hydrogens is 328 g/mol. The molecule has 0 unspecified atom stereocenters. The zero-order valence-corrected chi connectivity index (χ0v) is 13.1. The van der Waals surface area contributed by atoms with Gasteiger partial charge in [0.2, 0.25) is 0 Å². The fourth-order valence-corrected chi connectivity index (χ4v) is 3.67. The monoisotopic (exact) mass is 341 g/mol. The third-order valence-electron chi connectivity index (χ3n) is 2.67. The van der Waals surface area contributed by atoms with Crippen molar-refractivity contribution in [3.05, 3.63) is 66.8 Å². The third-order valence-corrected chi connectivity index (χ3v) is 5.14. The Labute approximate surface area is 132 Å². The number of thioether (sulfide) groups is 1. The van der Waals surface area contributed by atoms with Crippen LogP contribution in [0.25, 0.3) is 0 Å². The number of benzene rings is 2. The number of halogens is 2. The highest BCUT2D eigenvalue weighted by molar-refractivity contribution is 7.99. The van der Waals surface area contributed by atoms with E-state index in [1.165, 1.54) is 11.8 Å². The predicted octanol–water partition coefficient (Wildman–Crippen LogP) is 4.04. The Balaban J connectivity index is 2.35. The maximum Gasteiger partial charge on any atom is 0.264 e. The van der Waals surface area contributed by atoms with Crippen molar-refractivity contribution in [3.8, 4) is 0 Å². The van der Waals surface area contributed by atoms with E-state index < -0.39 is 26.6 Å². The first-order valence-electron chi connectivity index (χ1n) is 6.24. The zero-order valence-electron chi connectivity index (χ0n) is 11.4. The van der Waals surface area contributed by atoms with Gasteiger partial charge in [-0.1, -0.05) is 18.2 Å². The average Bonchev–Trinajstić information content (AvgIpc) is 2.45. The summed E-state index contributed by atoms with van der Waals surface area (Å²) in [7, 11) is -4.14. The van der Waals surface area contributed by atoms with Crippen LogP contribution in [0.1, 0.15) is 0 Å². The molecule has 2 aromatic rings. The van der Waals surface area contributed by atoms with Gasteiger partial charge in [0.05, 0.1) is 5.69 Å².